The predicted molar refractivity (Wildman–Crippen MR) is 130 cm³/mol. The second-order valence-electron chi connectivity index (χ2n) is 10.6. The van der Waals surface area contributed by atoms with Crippen LogP contribution in [0.5, 0.6) is 0 Å². The van der Waals surface area contributed by atoms with Crippen LogP contribution in [-0.4, -0.2) is 41.7 Å². The molecule has 3 fully saturated rings. The third-order valence-electron chi connectivity index (χ3n) is 7.94. The van der Waals surface area contributed by atoms with E-state index < -0.39 is 5.60 Å². The van der Waals surface area contributed by atoms with Crippen molar-refractivity contribution in [2.24, 2.45) is 23.0 Å². The van der Waals surface area contributed by atoms with Gasteiger partial charge in [-0.15, -0.1) is 0 Å². The van der Waals surface area contributed by atoms with Crippen molar-refractivity contribution >= 4 is 0 Å². The van der Waals surface area contributed by atoms with Gasteiger partial charge in [-0.05, 0) is 114 Å². The third-order valence-corrected chi connectivity index (χ3v) is 7.94. The normalized spacial score (nSPS) is 35.0. The maximum Gasteiger partial charge on any atom is 0.0787 e. The Morgan fingerprint density at radius 3 is 2.58 bits per heavy atom. The summed E-state index contributed by atoms with van der Waals surface area (Å²) in [6, 6.07) is 0. The zero-order valence-corrected chi connectivity index (χ0v) is 20.6. The average Bonchev–Trinajstić information content (AvgIpc) is 3.07. The lowest BCUT2D eigenvalue weighted by atomic mass is 9.62. The Labute approximate surface area is 190 Å². The molecule has 4 nitrogen and oxygen atoms in total. The summed E-state index contributed by atoms with van der Waals surface area (Å²) in [5.74, 6) is 1.22. The highest BCUT2D eigenvalue weighted by molar-refractivity contribution is 5.37. The Morgan fingerprint density at radius 1 is 1.19 bits per heavy atom. The van der Waals surface area contributed by atoms with E-state index in [2.05, 4.69) is 38.3 Å². The Balaban J connectivity index is 0.00000166. The molecule has 3 rings (SSSR count). The van der Waals surface area contributed by atoms with Gasteiger partial charge in [0, 0.05) is 6.61 Å². The van der Waals surface area contributed by atoms with Gasteiger partial charge in [0.1, 0.15) is 0 Å². The minimum atomic E-state index is -0.660. The molecule has 0 aromatic heterocycles. The van der Waals surface area contributed by atoms with E-state index in [1.165, 1.54) is 44.7 Å². The van der Waals surface area contributed by atoms with Gasteiger partial charge < -0.3 is 20.7 Å². The second kappa shape index (κ2) is 11.3. The van der Waals surface area contributed by atoms with Crippen molar-refractivity contribution < 1.29 is 14.9 Å². The molecule has 4 heteroatoms. The van der Waals surface area contributed by atoms with Crippen LogP contribution < -0.4 is 5.73 Å². The number of hydrogen-bond acceptors (Lipinski definition) is 4. The third kappa shape index (κ3) is 6.54. The van der Waals surface area contributed by atoms with Gasteiger partial charge in [0.2, 0.25) is 0 Å². The minimum Gasteiger partial charge on any atom is -0.390 e. The minimum absolute atomic E-state index is 0.235. The molecule has 0 saturated heterocycles. The van der Waals surface area contributed by atoms with E-state index in [9.17, 15) is 10.2 Å². The van der Waals surface area contributed by atoms with Crippen molar-refractivity contribution in [2.75, 3.05) is 13.7 Å². The van der Waals surface area contributed by atoms with Crippen LogP contribution in [0.15, 0.2) is 35.5 Å². The van der Waals surface area contributed by atoms with Crippen molar-refractivity contribution in [1.29, 1.82) is 0 Å². The summed E-state index contributed by atoms with van der Waals surface area (Å²) in [5.41, 5.74) is 7.89. The van der Waals surface area contributed by atoms with Crippen LogP contribution >= 0.6 is 0 Å². The molecule has 3 aliphatic rings. The lowest BCUT2D eigenvalue weighted by Gasteiger charge is -2.44. The molecule has 0 aromatic carbocycles. The van der Waals surface area contributed by atoms with E-state index in [1.807, 2.05) is 13.8 Å². The predicted octanol–water partition coefficient (Wildman–Crippen LogP) is 5.30. The summed E-state index contributed by atoms with van der Waals surface area (Å²) in [4.78, 5) is 0. The average molecular weight is 434 g/mol. The summed E-state index contributed by atoms with van der Waals surface area (Å²) in [6.07, 6.45) is 14.3. The topological polar surface area (TPSA) is 75.7 Å². The van der Waals surface area contributed by atoms with Crippen LogP contribution in [0.2, 0.25) is 0 Å². The first kappa shape index (κ1) is 26.3. The van der Waals surface area contributed by atoms with E-state index in [4.69, 9.17) is 4.74 Å². The molecule has 0 radical (unpaired) electrons. The number of hydrogen-bond donors (Lipinski definition) is 3. The van der Waals surface area contributed by atoms with Crippen LogP contribution in [-0.2, 0) is 4.74 Å². The number of aliphatic hydroxyl groups excluding tert-OH is 1. The molecule has 178 valence electrons. The fourth-order valence-corrected chi connectivity index (χ4v) is 6.09. The van der Waals surface area contributed by atoms with Crippen LogP contribution in [0.1, 0.15) is 85.5 Å². The summed E-state index contributed by atoms with van der Waals surface area (Å²) in [5, 5.41) is 20.1. The molecule has 4 N–H and O–H groups in total. The quantitative estimate of drug-likeness (QED) is 0.531. The largest absolute Gasteiger partial charge is 0.390 e. The Morgan fingerprint density at radius 2 is 1.90 bits per heavy atom. The molecular weight excluding hydrogens is 386 g/mol. The summed E-state index contributed by atoms with van der Waals surface area (Å²) in [7, 11) is 1.50. The smallest absolute Gasteiger partial charge is 0.0787 e. The summed E-state index contributed by atoms with van der Waals surface area (Å²) < 4.78 is 6.20. The molecule has 5 atom stereocenters. The molecular formula is C27H47NO3. The van der Waals surface area contributed by atoms with Gasteiger partial charge in [-0.25, -0.2) is 0 Å². The molecule has 3 aliphatic carbocycles. The highest BCUT2D eigenvalue weighted by Gasteiger charge is 2.51. The van der Waals surface area contributed by atoms with Gasteiger partial charge in [-0.1, -0.05) is 31.2 Å². The van der Waals surface area contributed by atoms with E-state index in [-0.39, 0.29) is 12.2 Å². The van der Waals surface area contributed by atoms with Crippen molar-refractivity contribution in [2.45, 2.75) is 103 Å². The van der Waals surface area contributed by atoms with E-state index in [0.29, 0.717) is 30.3 Å². The van der Waals surface area contributed by atoms with Gasteiger partial charge in [0.05, 0.1) is 17.8 Å². The zero-order valence-electron chi connectivity index (χ0n) is 20.6. The first-order valence-corrected chi connectivity index (χ1v) is 12.3. The molecule has 0 aromatic rings. The van der Waals surface area contributed by atoms with E-state index in [0.717, 1.165) is 24.8 Å². The Bertz CT molecular complexity index is 660. The van der Waals surface area contributed by atoms with Gasteiger partial charge in [-0.2, -0.15) is 0 Å². The standard InChI is InChI=1S/C26H42O3.CH5N/c1-18-20(8-6-10-24(18)27)11-12-21-9-7-15-26(5)22(13-14-23(21)26)19(2)29-17-16-25(3,4)28;1-2/h11-12,19,22-24,27-28H,1,6-10,13-17H2,2-5H3;2H2,1H3/b20-11-,21-12+;/t19-,22?,23?,24-,26+;/m0./s1. The number of ether oxygens (including phenoxy) is 1. The monoisotopic (exact) mass is 433 g/mol. The summed E-state index contributed by atoms with van der Waals surface area (Å²) >= 11 is 0. The fourth-order valence-electron chi connectivity index (χ4n) is 6.09. The molecule has 0 amide bonds. The van der Waals surface area contributed by atoms with Gasteiger partial charge in [0.15, 0.2) is 0 Å². The highest BCUT2D eigenvalue weighted by atomic mass is 16.5. The van der Waals surface area contributed by atoms with E-state index in [1.54, 1.807) is 5.57 Å². The molecule has 3 saturated carbocycles. The maximum atomic E-state index is 10.1. The zero-order chi connectivity index (χ0) is 23.2. The number of fused-ring (bicyclic) bond motifs is 1. The second-order valence-corrected chi connectivity index (χ2v) is 10.6. The van der Waals surface area contributed by atoms with Crippen LogP contribution in [0.25, 0.3) is 0 Å². The van der Waals surface area contributed by atoms with Gasteiger partial charge in [0.25, 0.3) is 0 Å². The van der Waals surface area contributed by atoms with Gasteiger partial charge in [-0.3, -0.25) is 0 Å². The number of nitrogens with two attached hydrogens (primary N) is 1. The van der Waals surface area contributed by atoms with Crippen molar-refractivity contribution in [3.63, 3.8) is 0 Å². The SMILES string of the molecule is C=C1/C(=C\C=C2/CCC[C@@]3(C)C2CCC3[C@H](C)OCCC(C)(C)O)CCC[C@@H]1O.CN. The number of rotatable bonds is 6. The molecule has 31 heavy (non-hydrogen) atoms. The van der Waals surface area contributed by atoms with Crippen LogP contribution in [0, 0.1) is 17.3 Å². The molecule has 2 unspecified atom stereocenters. The Hall–Kier alpha value is -0.940. The van der Waals surface area contributed by atoms with Crippen molar-refractivity contribution in [1.82, 2.24) is 0 Å². The fraction of sp³-hybridized carbons (Fsp3) is 0.778. The van der Waals surface area contributed by atoms with Crippen molar-refractivity contribution in [3.8, 4) is 0 Å². The van der Waals surface area contributed by atoms with Crippen LogP contribution in [0.3, 0.4) is 0 Å². The number of allylic oxidation sites excluding steroid dienone is 3. The van der Waals surface area contributed by atoms with Gasteiger partial charge >= 0.3 is 0 Å². The molecule has 0 spiro atoms. The Kier molecular flexibility index (Phi) is 9.57. The van der Waals surface area contributed by atoms with E-state index >= 15 is 0 Å². The highest BCUT2D eigenvalue weighted by Crippen LogP contribution is 2.58. The lowest BCUT2D eigenvalue weighted by Crippen LogP contribution is -2.39. The van der Waals surface area contributed by atoms with Crippen molar-refractivity contribution in [3.05, 3.63) is 35.5 Å². The molecule has 0 aliphatic heterocycles. The molecule has 0 heterocycles. The lowest BCUT2D eigenvalue weighted by molar-refractivity contribution is -0.0454. The first-order valence-electron chi connectivity index (χ1n) is 12.3. The summed E-state index contributed by atoms with van der Waals surface area (Å²) in [6.45, 7) is 13.2. The molecule has 0 bridgehead atoms. The first-order chi connectivity index (χ1) is 14.6. The maximum absolute atomic E-state index is 10.1. The van der Waals surface area contributed by atoms with Crippen LogP contribution in [0.4, 0.5) is 0 Å². The number of aliphatic hydroxyl groups is 2.